The van der Waals surface area contributed by atoms with E-state index in [0.29, 0.717) is 33.8 Å². The summed E-state index contributed by atoms with van der Waals surface area (Å²) in [6.07, 6.45) is 0. The highest BCUT2D eigenvalue weighted by molar-refractivity contribution is 9.10. The highest BCUT2D eigenvalue weighted by Gasteiger charge is 2.17. The molecule has 122 valence electrons. The Bertz CT molecular complexity index is 686. The van der Waals surface area contributed by atoms with Crippen molar-refractivity contribution < 1.29 is 19.0 Å². The van der Waals surface area contributed by atoms with Gasteiger partial charge in [-0.25, -0.2) is 0 Å². The van der Waals surface area contributed by atoms with E-state index in [-0.39, 0.29) is 5.91 Å². The molecule has 0 fully saturated rings. The zero-order chi connectivity index (χ0) is 16.8. The molecule has 0 saturated heterocycles. The van der Waals surface area contributed by atoms with Gasteiger partial charge in [-0.2, -0.15) is 0 Å². The average Bonchev–Trinajstić information content (AvgIpc) is 2.56. The van der Waals surface area contributed by atoms with E-state index in [1.807, 2.05) is 6.92 Å². The van der Waals surface area contributed by atoms with Crippen LogP contribution in [-0.4, -0.2) is 26.7 Å². The standard InChI is InChI=1S/C17H18BrNO4/c1-4-23-12-7-5-11(6-8-12)19-17(20)14-9-13(21-2)10-15(18)16(14)22-3/h5-10H,4H2,1-3H3,(H,19,20). The summed E-state index contributed by atoms with van der Waals surface area (Å²) >= 11 is 3.38. The first-order valence-electron chi connectivity index (χ1n) is 7.04. The molecule has 0 saturated carbocycles. The summed E-state index contributed by atoms with van der Waals surface area (Å²) in [6.45, 7) is 2.52. The second kappa shape index (κ2) is 7.87. The van der Waals surface area contributed by atoms with Gasteiger partial charge in [0, 0.05) is 5.69 Å². The molecular formula is C17H18BrNO4. The first-order chi connectivity index (χ1) is 11.1. The van der Waals surface area contributed by atoms with Gasteiger partial charge in [-0.1, -0.05) is 0 Å². The summed E-state index contributed by atoms with van der Waals surface area (Å²) < 4.78 is 16.5. The van der Waals surface area contributed by atoms with Crippen LogP contribution in [0.4, 0.5) is 5.69 Å². The van der Waals surface area contributed by atoms with Crippen molar-refractivity contribution in [2.75, 3.05) is 26.1 Å². The molecule has 23 heavy (non-hydrogen) atoms. The van der Waals surface area contributed by atoms with Gasteiger partial charge in [-0.15, -0.1) is 0 Å². The van der Waals surface area contributed by atoms with Crippen LogP contribution in [0.1, 0.15) is 17.3 Å². The second-order valence-corrected chi connectivity index (χ2v) is 5.46. The molecule has 6 heteroatoms. The van der Waals surface area contributed by atoms with Crippen LogP contribution < -0.4 is 19.5 Å². The molecule has 1 N–H and O–H groups in total. The number of ether oxygens (including phenoxy) is 3. The van der Waals surface area contributed by atoms with Crippen molar-refractivity contribution in [3.05, 3.63) is 46.4 Å². The summed E-state index contributed by atoms with van der Waals surface area (Å²) in [6, 6.07) is 10.5. The van der Waals surface area contributed by atoms with Crippen LogP contribution in [0.3, 0.4) is 0 Å². The molecule has 2 rings (SSSR count). The molecular weight excluding hydrogens is 362 g/mol. The average molecular weight is 380 g/mol. The summed E-state index contributed by atoms with van der Waals surface area (Å²) in [5, 5.41) is 2.83. The molecule has 0 heterocycles. The fourth-order valence-corrected chi connectivity index (χ4v) is 2.66. The number of carbonyl (C=O) groups excluding carboxylic acids is 1. The lowest BCUT2D eigenvalue weighted by molar-refractivity contribution is 0.102. The van der Waals surface area contributed by atoms with E-state index in [0.717, 1.165) is 5.75 Å². The van der Waals surface area contributed by atoms with E-state index in [1.165, 1.54) is 7.11 Å². The van der Waals surface area contributed by atoms with Gasteiger partial charge in [-0.05, 0) is 59.3 Å². The monoisotopic (exact) mass is 379 g/mol. The van der Waals surface area contributed by atoms with Gasteiger partial charge >= 0.3 is 0 Å². The number of carbonyl (C=O) groups is 1. The Balaban J connectivity index is 2.24. The van der Waals surface area contributed by atoms with Crippen molar-refractivity contribution in [3.63, 3.8) is 0 Å². The minimum Gasteiger partial charge on any atom is -0.497 e. The van der Waals surface area contributed by atoms with Crippen molar-refractivity contribution in [2.24, 2.45) is 0 Å². The largest absolute Gasteiger partial charge is 0.497 e. The maximum atomic E-state index is 12.5. The third-order valence-corrected chi connectivity index (χ3v) is 3.71. The van der Waals surface area contributed by atoms with Gasteiger partial charge < -0.3 is 19.5 Å². The van der Waals surface area contributed by atoms with Crippen LogP contribution in [0.5, 0.6) is 17.2 Å². The zero-order valence-electron chi connectivity index (χ0n) is 13.2. The van der Waals surface area contributed by atoms with Gasteiger partial charge in [-0.3, -0.25) is 4.79 Å². The predicted octanol–water partition coefficient (Wildman–Crippen LogP) is 4.12. The summed E-state index contributed by atoms with van der Waals surface area (Å²) in [5.74, 6) is 1.49. The number of halogens is 1. The molecule has 0 unspecified atom stereocenters. The normalized spacial score (nSPS) is 10.1. The molecule has 0 aromatic heterocycles. The summed E-state index contributed by atoms with van der Waals surface area (Å²) in [4.78, 5) is 12.5. The van der Waals surface area contributed by atoms with Gasteiger partial charge in [0.25, 0.3) is 5.91 Å². The minimum absolute atomic E-state index is 0.286. The van der Waals surface area contributed by atoms with E-state index in [9.17, 15) is 4.79 Å². The zero-order valence-corrected chi connectivity index (χ0v) is 14.8. The van der Waals surface area contributed by atoms with Crippen LogP contribution >= 0.6 is 15.9 Å². The first-order valence-corrected chi connectivity index (χ1v) is 7.84. The first kappa shape index (κ1) is 17.1. The van der Waals surface area contributed by atoms with E-state index in [2.05, 4.69) is 21.2 Å². The molecule has 1 amide bonds. The third-order valence-electron chi connectivity index (χ3n) is 3.12. The van der Waals surface area contributed by atoms with Crippen LogP contribution in [-0.2, 0) is 0 Å². The number of nitrogens with one attached hydrogen (secondary N) is 1. The fraction of sp³-hybridized carbons (Fsp3) is 0.235. The topological polar surface area (TPSA) is 56.8 Å². The minimum atomic E-state index is -0.286. The molecule has 0 aliphatic carbocycles. The van der Waals surface area contributed by atoms with Crippen LogP contribution in [0, 0.1) is 0 Å². The molecule has 0 radical (unpaired) electrons. The molecule has 0 atom stereocenters. The van der Waals surface area contributed by atoms with Crippen LogP contribution in [0.25, 0.3) is 0 Å². The highest BCUT2D eigenvalue weighted by atomic mass is 79.9. The van der Waals surface area contributed by atoms with Crippen molar-refractivity contribution in [1.82, 2.24) is 0 Å². The van der Waals surface area contributed by atoms with E-state index >= 15 is 0 Å². The van der Waals surface area contributed by atoms with Gasteiger partial charge in [0.05, 0.1) is 30.9 Å². The number of hydrogen-bond donors (Lipinski definition) is 1. The van der Waals surface area contributed by atoms with Crippen LogP contribution in [0.15, 0.2) is 40.9 Å². The molecule has 0 aliphatic heterocycles. The Morgan fingerprint density at radius 1 is 1.09 bits per heavy atom. The predicted molar refractivity (Wildman–Crippen MR) is 92.8 cm³/mol. The Labute approximate surface area is 143 Å². The van der Waals surface area contributed by atoms with Gasteiger partial charge in [0.2, 0.25) is 0 Å². The maximum absolute atomic E-state index is 12.5. The van der Waals surface area contributed by atoms with Crippen molar-refractivity contribution in [2.45, 2.75) is 6.92 Å². The Kier molecular flexibility index (Phi) is 5.87. The Morgan fingerprint density at radius 3 is 2.35 bits per heavy atom. The molecule has 2 aromatic carbocycles. The van der Waals surface area contributed by atoms with Gasteiger partial charge in [0.1, 0.15) is 17.2 Å². The number of methoxy groups -OCH3 is 2. The quantitative estimate of drug-likeness (QED) is 0.819. The summed E-state index contributed by atoms with van der Waals surface area (Å²) in [5.41, 5.74) is 1.05. The van der Waals surface area contributed by atoms with Crippen molar-refractivity contribution >= 4 is 27.5 Å². The van der Waals surface area contributed by atoms with Crippen LogP contribution in [0.2, 0.25) is 0 Å². The molecule has 0 aliphatic rings. The molecule has 0 spiro atoms. The van der Waals surface area contributed by atoms with Crippen molar-refractivity contribution in [3.8, 4) is 17.2 Å². The lowest BCUT2D eigenvalue weighted by atomic mass is 10.1. The van der Waals surface area contributed by atoms with Gasteiger partial charge in [0.15, 0.2) is 0 Å². The molecule has 2 aromatic rings. The number of benzene rings is 2. The molecule has 0 bridgehead atoms. The van der Waals surface area contributed by atoms with Crippen molar-refractivity contribution in [1.29, 1.82) is 0 Å². The summed E-state index contributed by atoms with van der Waals surface area (Å²) in [7, 11) is 3.06. The van der Waals surface area contributed by atoms with E-state index in [1.54, 1.807) is 43.5 Å². The fourth-order valence-electron chi connectivity index (χ4n) is 2.06. The number of rotatable bonds is 6. The number of anilines is 1. The third kappa shape index (κ3) is 4.16. The SMILES string of the molecule is CCOc1ccc(NC(=O)c2cc(OC)cc(Br)c2OC)cc1. The maximum Gasteiger partial charge on any atom is 0.259 e. The second-order valence-electron chi connectivity index (χ2n) is 4.60. The Morgan fingerprint density at radius 2 is 1.78 bits per heavy atom. The highest BCUT2D eigenvalue weighted by Crippen LogP contribution is 2.34. The number of amides is 1. The lowest BCUT2D eigenvalue weighted by Crippen LogP contribution is -2.13. The molecule has 5 nitrogen and oxygen atoms in total. The number of hydrogen-bond acceptors (Lipinski definition) is 4. The van der Waals surface area contributed by atoms with E-state index in [4.69, 9.17) is 14.2 Å². The van der Waals surface area contributed by atoms with E-state index < -0.39 is 0 Å². The lowest BCUT2D eigenvalue weighted by Gasteiger charge is -2.13. The smallest absolute Gasteiger partial charge is 0.259 e. The Hall–Kier alpha value is -2.21.